The van der Waals surface area contributed by atoms with Gasteiger partial charge in [-0.2, -0.15) is 9.40 Å². The van der Waals surface area contributed by atoms with E-state index in [-0.39, 0.29) is 5.91 Å². The van der Waals surface area contributed by atoms with Crippen molar-refractivity contribution >= 4 is 15.9 Å². The van der Waals surface area contributed by atoms with Gasteiger partial charge in [-0.1, -0.05) is 26.0 Å². The standard InChI is InChI=1S/C20H28N4O3S/c1-3-17(2)18-5-7-19(8-6-18)28(26,27)24-15-13-22(14-16-24)20(25)9-12-23-11-4-10-21-23/h4-8,10-11,17H,3,9,12-16H2,1-2H3/t17-/m0/s1. The zero-order valence-corrected chi connectivity index (χ0v) is 17.3. The van der Waals surface area contributed by atoms with Gasteiger partial charge in [0.2, 0.25) is 15.9 Å². The number of nitrogens with zero attached hydrogens (tertiary/aromatic N) is 4. The average molecular weight is 405 g/mol. The molecule has 1 fully saturated rings. The summed E-state index contributed by atoms with van der Waals surface area (Å²) in [6.07, 6.45) is 4.89. The predicted octanol–water partition coefficient (Wildman–Crippen LogP) is 2.32. The molecule has 1 saturated heterocycles. The first kappa shape index (κ1) is 20.5. The average Bonchev–Trinajstić information content (AvgIpc) is 3.25. The topological polar surface area (TPSA) is 75.5 Å². The van der Waals surface area contributed by atoms with E-state index in [4.69, 9.17) is 0 Å². The molecule has 0 unspecified atom stereocenters. The molecule has 1 aliphatic heterocycles. The molecule has 8 heteroatoms. The van der Waals surface area contributed by atoms with Crippen LogP contribution in [0, 0.1) is 0 Å². The van der Waals surface area contributed by atoms with Crippen LogP contribution in [0.15, 0.2) is 47.6 Å². The minimum atomic E-state index is -3.53. The SMILES string of the molecule is CC[C@H](C)c1ccc(S(=O)(=O)N2CCN(C(=O)CCn3cccn3)CC2)cc1. The molecular formula is C20H28N4O3S. The van der Waals surface area contributed by atoms with Crippen LogP contribution in [0.25, 0.3) is 0 Å². The Kier molecular flexibility index (Phi) is 6.51. The molecule has 0 spiro atoms. The number of rotatable bonds is 7. The van der Waals surface area contributed by atoms with Gasteiger partial charge in [0.15, 0.2) is 0 Å². The van der Waals surface area contributed by atoms with Gasteiger partial charge in [-0.3, -0.25) is 9.48 Å². The summed E-state index contributed by atoms with van der Waals surface area (Å²) < 4.78 is 29.0. The van der Waals surface area contributed by atoms with Gasteiger partial charge in [0, 0.05) is 51.5 Å². The minimum absolute atomic E-state index is 0.0328. The van der Waals surface area contributed by atoms with Gasteiger partial charge >= 0.3 is 0 Å². The van der Waals surface area contributed by atoms with E-state index in [0.29, 0.717) is 50.0 Å². The molecule has 7 nitrogen and oxygen atoms in total. The molecule has 0 bridgehead atoms. The first-order valence-corrected chi connectivity index (χ1v) is 11.2. The Morgan fingerprint density at radius 2 is 1.82 bits per heavy atom. The molecule has 28 heavy (non-hydrogen) atoms. The maximum atomic E-state index is 12.9. The normalized spacial score (nSPS) is 16.9. The van der Waals surface area contributed by atoms with Gasteiger partial charge in [-0.25, -0.2) is 8.42 Å². The van der Waals surface area contributed by atoms with Crippen LogP contribution >= 0.6 is 0 Å². The second-order valence-corrected chi connectivity index (χ2v) is 9.12. The first-order chi connectivity index (χ1) is 13.4. The van der Waals surface area contributed by atoms with Crippen molar-refractivity contribution in [2.24, 2.45) is 0 Å². The summed E-state index contributed by atoms with van der Waals surface area (Å²) in [6, 6.07) is 9.01. The lowest BCUT2D eigenvalue weighted by Gasteiger charge is -2.34. The van der Waals surface area contributed by atoms with E-state index in [1.54, 1.807) is 27.9 Å². The van der Waals surface area contributed by atoms with Gasteiger partial charge in [-0.15, -0.1) is 0 Å². The molecule has 0 aliphatic carbocycles. The zero-order chi connectivity index (χ0) is 20.1. The Morgan fingerprint density at radius 3 is 2.39 bits per heavy atom. The Morgan fingerprint density at radius 1 is 1.14 bits per heavy atom. The zero-order valence-electron chi connectivity index (χ0n) is 16.5. The molecule has 1 aromatic heterocycles. The molecule has 2 aromatic rings. The minimum Gasteiger partial charge on any atom is -0.340 e. The molecular weight excluding hydrogens is 376 g/mol. The lowest BCUT2D eigenvalue weighted by atomic mass is 9.99. The monoisotopic (exact) mass is 404 g/mol. The number of piperazine rings is 1. The molecule has 152 valence electrons. The summed E-state index contributed by atoms with van der Waals surface area (Å²) in [6.45, 7) is 6.26. The maximum Gasteiger partial charge on any atom is 0.243 e. The summed E-state index contributed by atoms with van der Waals surface area (Å²) in [4.78, 5) is 14.4. The Balaban J connectivity index is 1.56. The van der Waals surface area contributed by atoms with E-state index >= 15 is 0 Å². The first-order valence-electron chi connectivity index (χ1n) is 9.77. The fourth-order valence-corrected chi connectivity index (χ4v) is 4.75. The summed E-state index contributed by atoms with van der Waals surface area (Å²) in [5.74, 6) is 0.443. The van der Waals surface area contributed by atoms with E-state index in [2.05, 4.69) is 18.9 Å². The highest BCUT2D eigenvalue weighted by atomic mass is 32.2. The molecule has 0 radical (unpaired) electrons. The molecule has 1 aromatic carbocycles. The number of amides is 1. The van der Waals surface area contributed by atoms with E-state index < -0.39 is 10.0 Å². The van der Waals surface area contributed by atoms with Crippen molar-refractivity contribution in [2.75, 3.05) is 26.2 Å². The number of aromatic nitrogens is 2. The van der Waals surface area contributed by atoms with Gasteiger partial charge in [-0.05, 0) is 36.1 Å². The highest BCUT2D eigenvalue weighted by Gasteiger charge is 2.30. The van der Waals surface area contributed by atoms with Crippen LogP contribution in [0.5, 0.6) is 0 Å². The highest BCUT2D eigenvalue weighted by molar-refractivity contribution is 7.89. The van der Waals surface area contributed by atoms with Crippen molar-refractivity contribution in [1.82, 2.24) is 19.0 Å². The van der Waals surface area contributed by atoms with Crippen molar-refractivity contribution in [3.05, 3.63) is 48.3 Å². The van der Waals surface area contributed by atoms with Crippen LogP contribution in [0.2, 0.25) is 0 Å². The van der Waals surface area contributed by atoms with E-state index in [9.17, 15) is 13.2 Å². The fraction of sp³-hybridized carbons (Fsp3) is 0.500. The maximum absolute atomic E-state index is 12.9. The second kappa shape index (κ2) is 8.87. The number of aryl methyl sites for hydroxylation is 1. The van der Waals surface area contributed by atoms with Crippen LogP contribution in [0.4, 0.5) is 0 Å². The highest BCUT2D eigenvalue weighted by Crippen LogP contribution is 2.23. The van der Waals surface area contributed by atoms with E-state index in [0.717, 1.165) is 12.0 Å². The predicted molar refractivity (Wildman–Crippen MR) is 107 cm³/mol. The summed E-state index contributed by atoms with van der Waals surface area (Å²) in [5.41, 5.74) is 1.15. The van der Waals surface area contributed by atoms with E-state index in [1.165, 1.54) is 4.31 Å². The molecule has 1 aliphatic rings. The van der Waals surface area contributed by atoms with Crippen molar-refractivity contribution in [3.8, 4) is 0 Å². The summed E-state index contributed by atoms with van der Waals surface area (Å²) in [5, 5.41) is 4.09. The quantitative estimate of drug-likeness (QED) is 0.710. The third-order valence-electron chi connectivity index (χ3n) is 5.40. The molecule has 1 atom stereocenters. The van der Waals surface area contributed by atoms with Gasteiger partial charge in [0.25, 0.3) is 0 Å². The van der Waals surface area contributed by atoms with Crippen LogP contribution in [0.3, 0.4) is 0 Å². The van der Waals surface area contributed by atoms with Crippen LogP contribution in [0.1, 0.15) is 38.2 Å². The van der Waals surface area contributed by atoms with Crippen LogP contribution < -0.4 is 0 Å². The third-order valence-corrected chi connectivity index (χ3v) is 7.32. The lowest BCUT2D eigenvalue weighted by molar-refractivity contribution is -0.132. The summed E-state index contributed by atoms with van der Waals surface area (Å²) in [7, 11) is -3.53. The van der Waals surface area contributed by atoms with Crippen molar-refractivity contribution in [1.29, 1.82) is 0 Å². The number of benzene rings is 1. The number of carbonyl (C=O) groups excluding carboxylic acids is 1. The number of hydrogen-bond acceptors (Lipinski definition) is 4. The number of sulfonamides is 1. The fourth-order valence-electron chi connectivity index (χ4n) is 3.33. The molecule has 0 N–H and O–H groups in total. The summed E-state index contributed by atoms with van der Waals surface area (Å²) >= 11 is 0. The van der Waals surface area contributed by atoms with Crippen LogP contribution in [-0.4, -0.2) is 59.5 Å². The molecule has 2 heterocycles. The van der Waals surface area contributed by atoms with Gasteiger partial charge in [0.05, 0.1) is 4.90 Å². The van der Waals surface area contributed by atoms with Crippen molar-refractivity contribution < 1.29 is 13.2 Å². The smallest absolute Gasteiger partial charge is 0.243 e. The van der Waals surface area contributed by atoms with Gasteiger partial charge < -0.3 is 4.90 Å². The van der Waals surface area contributed by atoms with Crippen LogP contribution in [-0.2, 0) is 21.4 Å². The number of carbonyl (C=O) groups is 1. The Bertz CT molecular complexity index is 871. The lowest BCUT2D eigenvalue weighted by Crippen LogP contribution is -2.50. The van der Waals surface area contributed by atoms with Crippen molar-refractivity contribution in [3.63, 3.8) is 0 Å². The molecule has 3 rings (SSSR count). The Labute approximate surface area is 167 Å². The largest absolute Gasteiger partial charge is 0.340 e. The molecule has 1 amide bonds. The molecule has 0 saturated carbocycles. The van der Waals surface area contributed by atoms with Crippen molar-refractivity contribution in [2.45, 2.75) is 44.0 Å². The van der Waals surface area contributed by atoms with Gasteiger partial charge in [0.1, 0.15) is 0 Å². The number of hydrogen-bond donors (Lipinski definition) is 0. The second-order valence-electron chi connectivity index (χ2n) is 7.18. The third kappa shape index (κ3) is 4.62. The van der Waals surface area contributed by atoms with E-state index in [1.807, 2.05) is 24.4 Å². The Hall–Kier alpha value is -2.19.